The second-order valence-electron chi connectivity index (χ2n) is 4.76. The van der Waals surface area contributed by atoms with Gasteiger partial charge in [-0.1, -0.05) is 29.8 Å². The third-order valence-corrected chi connectivity index (χ3v) is 3.60. The van der Waals surface area contributed by atoms with Crippen molar-refractivity contribution >= 4 is 28.3 Å². The van der Waals surface area contributed by atoms with E-state index in [4.69, 9.17) is 16.9 Å². The molecule has 0 fully saturated rings. The van der Waals surface area contributed by atoms with Crippen LogP contribution in [0.25, 0.3) is 10.9 Å². The predicted octanol–water partition coefficient (Wildman–Crippen LogP) is 4.05. The van der Waals surface area contributed by atoms with Gasteiger partial charge in [0.25, 0.3) is 0 Å². The minimum Gasteiger partial charge on any atom is -0.340 e. The van der Waals surface area contributed by atoms with E-state index in [0.717, 1.165) is 10.9 Å². The van der Waals surface area contributed by atoms with Crippen molar-refractivity contribution < 1.29 is 4.79 Å². The molecule has 0 aliphatic carbocycles. The highest BCUT2D eigenvalue weighted by Gasteiger charge is 2.09. The second-order valence-corrected chi connectivity index (χ2v) is 5.20. The molecule has 3 aromatic rings. The van der Waals surface area contributed by atoms with E-state index < -0.39 is 0 Å². The monoisotopic (exact) mass is 294 g/mol. The zero-order valence-electron chi connectivity index (χ0n) is 11.1. The number of hydrogen-bond acceptors (Lipinski definition) is 2. The summed E-state index contributed by atoms with van der Waals surface area (Å²) in [5.74, 6) is -0.0163. The lowest BCUT2D eigenvalue weighted by Gasteiger charge is -2.05. The molecule has 1 heterocycles. The van der Waals surface area contributed by atoms with Crippen molar-refractivity contribution in [1.82, 2.24) is 4.57 Å². The minimum atomic E-state index is -0.0163. The lowest BCUT2D eigenvalue weighted by Crippen LogP contribution is -2.09. The number of Topliss-reactive ketones (excluding diaryl/α,β-unsaturated/α-hetero) is 1. The van der Waals surface area contributed by atoms with Gasteiger partial charge in [-0.25, -0.2) is 0 Å². The molecule has 102 valence electrons. The number of fused-ring (bicyclic) bond motifs is 1. The van der Waals surface area contributed by atoms with Crippen molar-refractivity contribution in [2.45, 2.75) is 6.54 Å². The van der Waals surface area contributed by atoms with E-state index in [1.165, 1.54) is 0 Å². The molecule has 0 amide bonds. The summed E-state index contributed by atoms with van der Waals surface area (Å²) in [6.07, 6.45) is 1.86. The van der Waals surface area contributed by atoms with Gasteiger partial charge in [-0.2, -0.15) is 5.26 Å². The molecule has 2 aromatic carbocycles. The summed E-state index contributed by atoms with van der Waals surface area (Å²) in [6, 6.07) is 16.4. The van der Waals surface area contributed by atoms with Crippen molar-refractivity contribution in [2.24, 2.45) is 0 Å². The van der Waals surface area contributed by atoms with Crippen molar-refractivity contribution in [1.29, 1.82) is 5.26 Å². The van der Waals surface area contributed by atoms with Gasteiger partial charge in [0, 0.05) is 22.3 Å². The normalized spacial score (nSPS) is 10.5. The van der Waals surface area contributed by atoms with Gasteiger partial charge < -0.3 is 4.57 Å². The fourth-order valence-electron chi connectivity index (χ4n) is 2.30. The van der Waals surface area contributed by atoms with E-state index in [9.17, 15) is 4.79 Å². The summed E-state index contributed by atoms with van der Waals surface area (Å²) in [5.41, 5.74) is 2.04. The van der Waals surface area contributed by atoms with Crippen LogP contribution in [-0.2, 0) is 6.54 Å². The van der Waals surface area contributed by atoms with E-state index in [-0.39, 0.29) is 12.3 Å². The van der Waals surface area contributed by atoms with Crippen LogP contribution in [0.5, 0.6) is 0 Å². The van der Waals surface area contributed by atoms with E-state index in [1.807, 2.05) is 22.9 Å². The summed E-state index contributed by atoms with van der Waals surface area (Å²) in [5, 5.41) is 10.5. The van der Waals surface area contributed by atoms with Crippen molar-refractivity contribution in [3.63, 3.8) is 0 Å². The SMILES string of the molecule is N#Cc1ccc2ccn(CC(=O)c3cccc(Cl)c3)c2c1. The maximum atomic E-state index is 12.3. The summed E-state index contributed by atoms with van der Waals surface area (Å²) < 4.78 is 1.85. The maximum Gasteiger partial charge on any atom is 0.182 e. The Bertz CT molecular complexity index is 874. The Labute approximate surface area is 127 Å². The number of nitrogens with zero attached hydrogens (tertiary/aromatic N) is 2. The second kappa shape index (κ2) is 5.43. The summed E-state index contributed by atoms with van der Waals surface area (Å²) in [7, 11) is 0. The number of benzene rings is 2. The molecule has 0 N–H and O–H groups in total. The molecule has 3 rings (SSSR count). The van der Waals surface area contributed by atoms with Crippen molar-refractivity contribution in [3.8, 4) is 6.07 Å². The quantitative estimate of drug-likeness (QED) is 0.684. The number of rotatable bonds is 3. The Morgan fingerprint density at radius 3 is 2.81 bits per heavy atom. The van der Waals surface area contributed by atoms with Crippen LogP contribution in [0.1, 0.15) is 15.9 Å². The van der Waals surface area contributed by atoms with Crippen LogP contribution in [-0.4, -0.2) is 10.4 Å². The molecular formula is C17H11ClN2O. The topological polar surface area (TPSA) is 45.8 Å². The van der Waals surface area contributed by atoms with E-state index >= 15 is 0 Å². The van der Waals surface area contributed by atoms with Gasteiger partial charge >= 0.3 is 0 Å². The maximum absolute atomic E-state index is 12.3. The molecule has 0 spiro atoms. The molecule has 0 unspecified atom stereocenters. The standard InChI is InChI=1S/C17H11ClN2O/c18-15-3-1-2-14(9-15)17(21)11-20-7-6-13-5-4-12(10-19)8-16(13)20/h1-9H,11H2. The number of nitriles is 1. The Morgan fingerprint density at radius 1 is 1.19 bits per heavy atom. The van der Waals surface area contributed by atoms with Crippen LogP contribution in [0, 0.1) is 11.3 Å². The molecular weight excluding hydrogens is 284 g/mol. The average molecular weight is 295 g/mol. The molecule has 21 heavy (non-hydrogen) atoms. The van der Waals surface area contributed by atoms with Gasteiger partial charge in [-0.05, 0) is 35.7 Å². The van der Waals surface area contributed by atoms with E-state index in [2.05, 4.69) is 6.07 Å². The molecule has 3 nitrogen and oxygen atoms in total. The van der Waals surface area contributed by atoms with E-state index in [0.29, 0.717) is 16.1 Å². The fourth-order valence-corrected chi connectivity index (χ4v) is 2.49. The Balaban J connectivity index is 1.95. The fraction of sp³-hybridized carbons (Fsp3) is 0.0588. The van der Waals surface area contributed by atoms with Crippen LogP contribution in [0.15, 0.2) is 54.7 Å². The lowest BCUT2D eigenvalue weighted by molar-refractivity contribution is 0.0973. The first-order valence-corrected chi connectivity index (χ1v) is 6.83. The van der Waals surface area contributed by atoms with E-state index in [1.54, 1.807) is 36.4 Å². The zero-order valence-corrected chi connectivity index (χ0v) is 11.8. The van der Waals surface area contributed by atoms with Gasteiger partial charge in [0.05, 0.1) is 18.2 Å². The zero-order chi connectivity index (χ0) is 14.8. The largest absolute Gasteiger partial charge is 0.340 e. The third kappa shape index (κ3) is 2.67. The molecule has 4 heteroatoms. The molecule has 0 saturated carbocycles. The van der Waals surface area contributed by atoms with Gasteiger partial charge in [0.1, 0.15) is 0 Å². The number of ketones is 1. The van der Waals surface area contributed by atoms with Gasteiger partial charge in [0.15, 0.2) is 5.78 Å². The summed E-state index contributed by atoms with van der Waals surface area (Å²) in [6.45, 7) is 0.221. The molecule has 0 bridgehead atoms. The minimum absolute atomic E-state index is 0.0163. The lowest BCUT2D eigenvalue weighted by atomic mass is 10.1. The van der Waals surface area contributed by atoms with Gasteiger partial charge in [0.2, 0.25) is 0 Å². The first kappa shape index (κ1) is 13.4. The molecule has 0 atom stereocenters. The van der Waals surface area contributed by atoms with Crippen LogP contribution in [0.4, 0.5) is 0 Å². The summed E-state index contributed by atoms with van der Waals surface area (Å²) in [4.78, 5) is 12.3. The predicted molar refractivity (Wildman–Crippen MR) is 82.4 cm³/mol. The molecule has 0 radical (unpaired) electrons. The number of hydrogen-bond donors (Lipinski definition) is 0. The van der Waals surface area contributed by atoms with Crippen LogP contribution in [0.3, 0.4) is 0 Å². The van der Waals surface area contributed by atoms with Crippen molar-refractivity contribution in [2.75, 3.05) is 0 Å². The number of carbonyl (C=O) groups excluding carboxylic acids is 1. The molecule has 0 aliphatic heterocycles. The summed E-state index contributed by atoms with van der Waals surface area (Å²) >= 11 is 5.91. The number of carbonyl (C=O) groups is 1. The Kier molecular flexibility index (Phi) is 3.47. The van der Waals surface area contributed by atoms with Crippen LogP contribution >= 0.6 is 11.6 Å². The molecule has 1 aromatic heterocycles. The van der Waals surface area contributed by atoms with Crippen LogP contribution < -0.4 is 0 Å². The Morgan fingerprint density at radius 2 is 2.05 bits per heavy atom. The first-order valence-electron chi connectivity index (χ1n) is 6.45. The smallest absolute Gasteiger partial charge is 0.182 e. The highest BCUT2D eigenvalue weighted by atomic mass is 35.5. The Hall–Kier alpha value is -2.57. The van der Waals surface area contributed by atoms with Crippen molar-refractivity contribution in [3.05, 3.63) is 70.9 Å². The van der Waals surface area contributed by atoms with Gasteiger partial charge in [-0.15, -0.1) is 0 Å². The number of halogens is 1. The first-order chi connectivity index (χ1) is 10.2. The van der Waals surface area contributed by atoms with Gasteiger partial charge in [-0.3, -0.25) is 4.79 Å². The molecule has 0 aliphatic rings. The highest BCUT2D eigenvalue weighted by Crippen LogP contribution is 2.19. The number of aromatic nitrogens is 1. The highest BCUT2D eigenvalue weighted by molar-refractivity contribution is 6.31. The average Bonchev–Trinajstić information content (AvgIpc) is 2.89. The van der Waals surface area contributed by atoms with Crippen LogP contribution in [0.2, 0.25) is 5.02 Å². The molecule has 0 saturated heterocycles. The third-order valence-electron chi connectivity index (χ3n) is 3.36.